The Morgan fingerprint density at radius 3 is 2.56 bits per heavy atom. The fraction of sp³-hybridized carbons (Fsp3) is 0.118. The van der Waals surface area contributed by atoms with Crippen molar-refractivity contribution < 1.29 is 17.6 Å². The van der Waals surface area contributed by atoms with Crippen molar-refractivity contribution in [2.45, 2.75) is 13.0 Å². The quantitative estimate of drug-likeness (QED) is 0.533. The molecule has 0 saturated heterocycles. The molecule has 0 fully saturated rings. The molecule has 0 aliphatic heterocycles. The molecule has 0 radical (unpaired) electrons. The van der Waals surface area contributed by atoms with E-state index >= 15 is 0 Å². The minimum atomic E-state index is -2.89. The molecule has 4 rings (SSSR count). The number of hydrogen-bond donors (Lipinski definition) is 0. The summed E-state index contributed by atoms with van der Waals surface area (Å²) in [5, 5.41) is 14.7. The van der Waals surface area contributed by atoms with Gasteiger partial charge in [-0.15, -0.1) is 15.3 Å². The van der Waals surface area contributed by atoms with Crippen molar-refractivity contribution in [3.63, 3.8) is 0 Å². The van der Waals surface area contributed by atoms with Crippen LogP contribution in [0.5, 0.6) is 0 Å². The van der Waals surface area contributed by atoms with Gasteiger partial charge in [0.15, 0.2) is 0 Å². The third kappa shape index (κ3) is 3.54. The highest BCUT2D eigenvalue weighted by molar-refractivity contribution is 5.57. The van der Waals surface area contributed by atoms with Crippen molar-refractivity contribution in [1.29, 1.82) is 0 Å². The Kier molecular flexibility index (Phi) is 4.37. The Bertz CT molecular complexity index is 1060. The van der Waals surface area contributed by atoms with E-state index in [0.29, 0.717) is 5.69 Å². The van der Waals surface area contributed by atoms with E-state index in [9.17, 15) is 13.2 Å². The van der Waals surface area contributed by atoms with Crippen LogP contribution in [0.4, 0.5) is 13.2 Å². The molecule has 3 aromatic heterocycles. The Morgan fingerprint density at radius 2 is 1.85 bits per heavy atom. The summed E-state index contributed by atoms with van der Waals surface area (Å²) in [6.07, 6.45) is 0.0579. The van der Waals surface area contributed by atoms with Crippen LogP contribution in [-0.4, -0.2) is 30.2 Å². The van der Waals surface area contributed by atoms with Crippen molar-refractivity contribution in [1.82, 2.24) is 30.2 Å². The van der Waals surface area contributed by atoms with Gasteiger partial charge in [-0.05, 0) is 6.07 Å². The first-order valence-corrected chi connectivity index (χ1v) is 7.82. The molecule has 7 nitrogen and oxygen atoms in total. The summed E-state index contributed by atoms with van der Waals surface area (Å²) in [6.45, 7) is 0.0536. The van der Waals surface area contributed by atoms with Gasteiger partial charge in [0.2, 0.25) is 5.89 Å². The normalized spacial score (nSPS) is 11.3. The number of hydrogen-bond acceptors (Lipinski definition) is 6. The Morgan fingerprint density at radius 1 is 1.04 bits per heavy atom. The number of benzene rings is 1. The lowest BCUT2D eigenvalue weighted by molar-refractivity contribution is 0.116. The van der Waals surface area contributed by atoms with Gasteiger partial charge in [0, 0.05) is 11.8 Å². The van der Waals surface area contributed by atoms with E-state index < -0.39 is 18.1 Å². The molecule has 0 N–H and O–H groups in total. The maximum atomic E-state index is 14.4. The molecular weight excluding hydrogens is 361 g/mol. The topological polar surface area (TPSA) is 82.5 Å². The minimum Gasteiger partial charge on any atom is -0.415 e. The van der Waals surface area contributed by atoms with Crippen LogP contribution in [0.3, 0.4) is 0 Å². The Labute approximate surface area is 150 Å². The van der Waals surface area contributed by atoms with E-state index in [1.54, 1.807) is 6.20 Å². The van der Waals surface area contributed by atoms with Crippen LogP contribution in [0.15, 0.2) is 53.2 Å². The lowest BCUT2D eigenvalue weighted by Crippen LogP contribution is -2.05. The van der Waals surface area contributed by atoms with E-state index in [2.05, 4.69) is 25.5 Å². The van der Waals surface area contributed by atoms with Gasteiger partial charge in [0.1, 0.15) is 11.5 Å². The van der Waals surface area contributed by atoms with E-state index in [1.165, 1.54) is 10.9 Å². The standard InChI is InChI=1S/C17H11F3N6O/c18-12-6-11(16-23-24-17(27-16)15(19)20)7-21-14(12)9-26-8-13(22-25-26)10-4-2-1-3-5-10/h1-8,15H,9H2. The highest BCUT2D eigenvalue weighted by atomic mass is 19.3. The maximum Gasteiger partial charge on any atom is 0.314 e. The summed E-state index contributed by atoms with van der Waals surface area (Å²) in [5.41, 5.74) is 1.76. The predicted molar refractivity (Wildman–Crippen MR) is 87.0 cm³/mol. The van der Waals surface area contributed by atoms with Crippen molar-refractivity contribution >= 4 is 0 Å². The SMILES string of the molecule is Fc1cc(-c2nnc(C(F)F)o2)cnc1Cn1cc(-c2ccccc2)nn1. The average molecular weight is 372 g/mol. The van der Waals surface area contributed by atoms with E-state index in [1.807, 2.05) is 30.3 Å². The van der Waals surface area contributed by atoms with Crippen LogP contribution in [0, 0.1) is 5.82 Å². The fourth-order valence-electron chi connectivity index (χ4n) is 2.41. The molecule has 0 bridgehead atoms. The fourth-order valence-corrected chi connectivity index (χ4v) is 2.41. The van der Waals surface area contributed by atoms with Crippen molar-refractivity contribution in [3.8, 4) is 22.7 Å². The van der Waals surface area contributed by atoms with Gasteiger partial charge >= 0.3 is 6.43 Å². The summed E-state index contributed by atoms with van der Waals surface area (Å²) in [5.74, 6) is -1.71. The van der Waals surface area contributed by atoms with Crippen LogP contribution in [-0.2, 0) is 6.54 Å². The summed E-state index contributed by atoms with van der Waals surface area (Å²) in [7, 11) is 0. The first kappa shape index (κ1) is 16.9. The van der Waals surface area contributed by atoms with Crippen LogP contribution >= 0.6 is 0 Å². The summed E-state index contributed by atoms with van der Waals surface area (Å²) >= 11 is 0. The minimum absolute atomic E-state index is 0.0536. The van der Waals surface area contributed by atoms with Gasteiger partial charge in [-0.3, -0.25) is 4.98 Å². The Hall–Kier alpha value is -3.56. The van der Waals surface area contributed by atoms with Crippen LogP contribution in [0.1, 0.15) is 18.0 Å². The Balaban J connectivity index is 1.54. The van der Waals surface area contributed by atoms with Crippen molar-refractivity contribution in [2.24, 2.45) is 0 Å². The van der Waals surface area contributed by atoms with Crippen LogP contribution in [0.25, 0.3) is 22.7 Å². The molecule has 27 heavy (non-hydrogen) atoms. The van der Waals surface area contributed by atoms with Gasteiger partial charge in [-0.2, -0.15) is 8.78 Å². The number of nitrogens with zero attached hydrogens (tertiary/aromatic N) is 6. The van der Waals surface area contributed by atoms with Gasteiger partial charge in [0.05, 0.1) is 24.0 Å². The molecule has 10 heteroatoms. The lowest BCUT2D eigenvalue weighted by atomic mass is 10.2. The largest absolute Gasteiger partial charge is 0.415 e. The molecule has 0 aliphatic rings. The number of pyridine rings is 1. The highest BCUT2D eigenvalue weighted by Gasteiger charge is 2.18. The third-order valence-electron chi connectivity index (χ3n) is 3.71. The van der Waals surface area contributed by atoms with E-state index in [-0.39, 0.29) is 23.7 Å². The second kappa shape index (κ2) is 6.98. The van der Waals surface area contributed by atoms with Gasteiger partial charge in [0.25, 0.3) is 5.89 Å². The molecule has 136 valence electrons. The molecule has 0 aliphatic carbocycles. The summed E-state index contributed by atoms with van der Waals surface area (Å²) in [6, 6.07) is 10.5. The molecule has 0 saturated carbocycles. The molecule has 4 aromatic rings. The van der Waals surface area contributed by atoms with Gasteiger partial charge in [-0.25, -0.2) is 9.07 Å². The highest BCUT2D eigenvalue weighted by Crippen LogP contribution is 2.24. The lowest BCUT2D eigenvalue weighted by Gasteiger charge is -2.03. The number of alkyl halides is 2. The van der Waals surface area contributed by atoms with E-state index in [0.717, 1.165) is 11.6 Å². The van der Waals surface area contributed by atoms with Crippen molar-refractivity contribution in [2.75, 3.05) is 0 Å². The smallest absolute Gasteiger partial charge is 0.314 e. The zero-order valence-corrected chi connectivity index (χ0v) is 13.6. The molecule has 0 spiro atoms. The van der Waals surface area contributed by atoms with Crippen LogP contribution < -0.4 is 0 Å². The summed E-state index contributed by atoms with van der Waals surface area (Å²) in [4.78, 5) is 4.01. The zero-order chi connectivity index (χ0) is 18.8. The first-order valence-electron chi connectivity index (χ1n) is 7.82. The maximum absolute atomic E-state index is 14.4. The van der Waals surface area contributed by atoms with E-state index in [4.69, 9.17) is 4.42 Å². The van der Waals surface area contributed by atoms with Gasteiger partial charge < -0.3 is 4.42 Å². The molecule has 0 unspecified atom stereocenters. The molecule has 0 amide bonds. The number of aromatic nitrogens is 6. The first-order chi connectivity index (χ1) is 13.1. The second-order valence-electron chi connectivity index (χ2n) is 5.57. The predicted octanol–water partition coefficient (Wildman–Crippen LogP) is 3.52. The molecule has 3 heterocycles. The molecule has 0 atom stereocenters. The number of rotatable bonds is 5. The zero-order valence-electron chi connectivity index (χ0n) is 13.6. The third-order valence-corrected chi connectivity index (χ3v) is 3.71. The van der Waals surface area contributed by atoms with Gasteiger partial charge in [-0.1, -0.05) is 35.5 Å². The molecular formula is C17H11F3N6O. The summed E-state index contributed by atoms with van der Waals surface area (Å²) < 4.78 is 45.6. The average Bonchev–Trinajstić information content (AvgIpc) is 3.34. The molecule has 1 aromatic carbocycles. The monoisotopic (exact) mass is 372 g/mol. The van der Waals surface area contributed by atoms with Crippen molar-refractivity contribution in [3.05, 3.63) is 66.2 Å². The van der Waals surface area contributed by atoms with Crippen LogP contribution in [0.2, 0.25) is 0 Å². The second-order valence-corrected chi connectivity index (χ2v) is 5.57. The number of halogens is 3.